The van der Waals surface area contributed by atoms with E-state index in [0.717, 1.165) is 24.9 Å². The highest BCUT2D eigenvalue weighted by molar-refractivity contribution is 14.0. The Labute approximate surface area is 169 Å². The number of unbranched alkanes of at least 4 members (excludes halogenated alkanes) is 5. The molecule has 0 saturated carbocycles. The number of carbonyl (C=O) groups is 1. The Hall–Kier alpha value is -1.31. The molecule has 0 aliphatic heterocycles. The summed E-state index contributed by atoms with van der Waals surface area (Å²) in [5, 5.41) is 5.77. The third kappa shape index (κ3) is 11.0. The second-order valence-corrected chi connectivity index (χ2v) is 5.99. The molecule has 0 heterocycles. The average Bonchev–Trinajstić information content (AvgIpc) is 2.60. The molecule has 0 radical (unpaired) electrons. The lowest BCUT2D eigenvalue weighted by Gasteiger charge is -2.07. The Morgan fingerprint density at radius 2 is 1.88 bits per heavy atom. The molecule has 0 aliphatic carbocycles. The number of hydrogen-bond acceptors (Lipinski definition) is 2. The number of nitrogens with one attached hydrogen (secondary N) is 2. The van der Waals surface area contributed by atoms with Crippen molar-refractivity contribution in [2.75, 3.05) is 20.1 Å². The highest BCUT2D eigenvalue weighted by Gasteiger charge is 2.03. The van der Waals surface area contributed by atoms with E-state index in [1.165, 1.54) is 32.1 Å². The maximum atomic E-state index is 11.6. The van der Waals surface area contributed by atoms with E-state index < -0.39 is 0 Å². The average molecular weight is 460 g/mol. The summed E-state index contributed by atoms with van der Waals surface area (Å²) in [6.07, 6.45) is 8.35. The van der Waals surface area contributed by atoms with Crippen molar-refractivity contribution in [2.24, 2.45) is 10.7 Å². The van der Waals surface area contributed by atoms with Crippen molar-refractivity contribution in [1.82, 2.24) is 10.6 Å². The zero-order valence-electron chi connectivity index (χ0n) is 15.5. The van der Waals surface area contributed by atoms with Crippen molar-refractivity contribution in [1.29, 1.82) is 0 Å². The first-order valence-corrected chi connectivity index (χ1v) is 9.02. The molecule has 4 N–H and O–H groups in total. The molecule has 1 aromatic rings. The van der Waals surface area contributed by atoms with Crippen LogP contribution in [0.5, 0.6) is 0 Å². The molecule has 0 atom stereocenters. The molecule has 0 spiro atoms. The standard InChI is InChI=1S/C19H32N4O.HI/c1-3-4-5-6-7-8-13-22-19(20)23-14-12-16-10-9-11-17(15-16)18(24)21-2;/h9-11,15H,3-8,12-14H2,1-2H3,(H,21,24)(H3,20,22,23);1H. The molecule has 1 aromatic carbocycles. The van der Waals surface area contributed by atoms with E-state index in [0.29, 0.717) is 18.1 Å². The number of halogens is 1. The lowest BCUT2D eigenvalue weighted by Crippen LogP contribution is -2.33. The minimum absolute atomic E-state index is 0. The van der Waals surface area contributed by atoms with E-state index in [2.05, 4.69) is 22.5 Å². The Kier molecular flexibility index (Phi) is 14.2. The number of rotatable bonds is 11. The minimum Gasteiger partial charge on any atom is -0.370 e. The van der Waals surface area contributed by atoms with Crippen LogP contribution in [0.1, 0.15) is 61.4 Å². The first-order chi connectivity index (χ1) is 11.7. The van der Waals surface area contributed by atoms with Crippen molar-refractivity contribution < 1.29 is 4.79 Å². The molecule has 0 saturated heterocycles. The van der Waals surface area contributed by atoms with Gasteiger partial charge in [-0.05, 0) is 30.5 Å². The number of nitrogens with two attached hydrogens (primary N) is 1. The van der Waals surface area contributed by atoms with Crippen LogP contribution in [-0.4, -0.2) is 32.0 Å². The summed E-state index contributed by atoms with van der Waals surface area (Å²) < 4.78 is 0. The molecule has 0 aliphatic rings. The summed E-state index contributed by atoms with van der Waals surface area (Å²) in [6.45, 7) is 3.73. The molecule has 1 amide bonds. The highest BCUT2D eigenvalue weighted by atomic mass is 127. The largest absolute Gasteiger partial charge is 0.370 e. The van der Waals surface area contributed by atoms with Gasteiger partial charge in [0.1, 0.15) is 0 Å². The Morgan fingerprint density at radius 1 is 1.16 bits per heavy atom. The fraction of sp³-hybridized carbons (Fsp3) is 0.579. The second kappa shape index (κ2) is 15.0. The van der Waals surface area contributed by atoms with Crippen LogP contribution in [0.2, 0.25) is 0 Å². The van der Waals surface area contributed by atoms with E-state index in [9.17, 15) is 4.79 Å². The minimum atomic E-state index is -0.0650. The number of guanidine groups is 1. The predicted molar refractivity (Wildman–Crippen MR) is 117 cm³/mol. The van der Waals surface area contributed by atoms with E-state index in [4.69, 9.17) is 5.73 Å². The van der Waals surface area contributed by atoms with Gasteiger partial charge in [0.15, 0.2) is 5.96 Å². The fourth-order valence-corrected chi connectivity index (χ4v) is 2.49. The van der Waals surface area contributed by atoms with Gasteiger partial charge in [-0.25, -0.2) is 0 Å². The van der Waals surface area contributed by atoms with Crippen LogP contribution in [0.4, 0.5) is 0 Å². The van der Waals surface area contributed by atoms with E-state index >= 15 is 0 Å². The molecule has 0 bridgehead atoms. The molecule has 142 valence electrons. The molecule has 5 nitrogen and oxygen atoms in total. The predicted octanol–water partition coefficient (Wildman–Crippen LogP) is 3.47. The summed E-state index contributed by atoms with van der Waals surface area (Å²) >= 11 is 0. The molecule has 6 heteroatoms. The van der Waals surface area contributed by atoms with Crippen molar-refractivity contribution in [3.05, 3.63) is 35.4 Å². The van der Waals surface area contributed by atoms with Gasteiger partial charge in [-0.2, -0.15) is 0 Å². The topological polar surface area (TPSA) is 79.5 Å². The van der Waals surface area contributed by atoms with Gasteiger partial charge in [-0.3, -0.25) is 9.79 Å². The first-order valence-electron chi connectivity index (χ1n) is 9.02. The number of aliphatic imine (C=N–C) groups is 1. The molecule has 0 fully saturated rings. The van der Waals surface area contributed by atoms with Crippen LogP contribution < -0.4 is 16.4 Å². The van der Waals surface area contributed by atoms with Crippen LogP contribution in [0.15, 0.2) is 29.3 Å². The van der Waals surface area contributed by atoms with Crippen molar-refractivity contribution in [3.8, 4) is 0 Å². The van der Waals surface area contributed by atoms with Crippen LogP contribution in [0.25, 0.3) is 0 Å². The third-order valence-corrected chi connectivity index (χ3v) is 3.93. The number of nitrogens with zero attached hydrogens (tertiary/aromatic N) is 1. The van der Waals surface area contributed by atoms with Crippen molar-refractivity contribution >= 4 is 35.8 Å². The normalized spacial score (nSPS) is 10.9. The Bertz CT molecular complexity index is 520. The van der Waals surface area contributed by atoms with Gasteiger partial charge < -0.3 is 16.4 Å². The van der Waals surface area contributed by atoms with E-state index in [1.807, 2.05) is 24.3 Å². The lowest BCUT2D eigenvalue weighted by atomic mass is 10.1. The highest BCUT2D eigenvalue weighted by Crippen LogP contribution is 2.06. The van der Waals surface area contributed by atoms with Gasteiger partial charge in [0.2, 0.25) is 0 Å². The van der Waals surface area contributed by atoms with Crippen molar-refractivity contribution in [2.45, 2.75) is 51.9 Å². The smallest absolute Gasteiger partial charge is 0.251 e. The summed E-state index contributed by atoms with van der Waals surface area (Å²) in [4.78, 5) is 16.0. The lowest BCUT2D eigenvalue weighted by molar-refractivity contribution is 0.0963. The summed E-state index contributed by atoms with van der Waals surface area (Å²) in [6, 6.07) is 7.63. The molecule has 1 rings (SSSR count). The van der Waals surface area contributed by atoms with Crippen LogP contribution in [-0.2, 0) is 6.42 Å². The second-order valence-electron chi connectivity index (χ2n) is 5.99. The van der Waals surface area contributed by atoms with E-state index in [-0.39, 0.29) is 29.9 Å². The maximum absolute atomic E-state index is 11.6. The SMILES string of the molecule is CCCCCCCCN=C(N)NCCc1cccc(C(=O)NC)c1.I. The Morgan fingerprint density at radius 3 is 2.60 bits per heavy atom. The van der Waals surface area contributed by atoms with Gasteiger partial charge >= 0.3 is 0 Å². The molecule has 0 unspecified atom stereocenters. The van der Waals surface area contributed by atoms with Gasteiger partial charge in [-0.1, -0.05) is 51.2 Å². The third-order valence-electron chi connectivity index (χ3n) is 3.93. The summed E-state index contributed by atoms with van der Waals surface area (Å²) in [5.74, 6) is 0.441. The van der Waals surface area contributed by atoms with Crippen LogP contribution >= 0.6 is 24.0 Å². The number of amides is 1. The summed E-state index contributed by atoms with van der Waals surface area (Å²) in [7, 11) is 1.64. The number of carbonyl (C=O) groups excluding carboxylic acids is 1. The quantitative estimate of drug-likeness (QED) is 0.205. The van der Waals surface area contributed by atoms with E-state index in [1.54, 1.807) is 7.05 Å². The zero-order valence-corrected chi connectivity index (χ0v) is 17.8. The van der Waals surface area contributed by atoms with Gasteiger partial charge in [-0.15, -0.1) is 24.0 Å². The fourth-order valence-electron chi connectivity index (χ4n) is 2.49. The van der Waals surface area contributed by atoms with Crippen LogP contribution in [0, 0.1) is 0 Å². The molecular formula is C19H33IN4O. The molecule has 0 aromatic heterocycles. The zero-order chi connectivity index (χ0) is 17.6. The number of benzene rings is 1. The van der Waals surface area contributed by atoms with Gasteiger partial charge in [0, 0.05) is 25.7 Å². The van der Waals surface area contributed by atoms with Crippen molar-refractivity contribution in [3.63, 3.8) is 0 Å². The van der Waals surface area contributed by atoms with Gasteiger partial charge in [0.05, 0.1) is 0 Å². The maximum Gasteiger partial charge on any atom is 0.251 e. The molecule has 25 heavy (non-hydrogen) atoms. The Balaban J connectivity index is 0.00000576. The molecular weight excluding hydrogens is 427 g/mol. The van der Waals surface area contributed by atoms with Crippen LogP contribution in [0.3, 0.4) is 0 Å². The van der Waals surface area contributed by atoms with Gasteiger partial charge in [0.25, 0.3) is 5.91 Å². The summed E-state index contributed by atoms with van der Waals surface area (Å²) in [5.41, 5.74) is 7.66. The first kappa shape index (κ1) is 23.7. The monoisotopic (exact) mass is 460 g/mol. The number of hydrogen-bond donors (Lipinski definition) is 3.